The van der Waals surface area contributed by atoms with Gasteiger partial charge in [-0.3, -0.25) is 0 Å². The first-order valence-corrected chi connectivity index (χ1v) is 6.53. The van der Waals surface area contributed by atoms with Gasteiger partial charge in [0, 0.05) is 5.38 Å². The molecule has 0 radical (unpaired) electrons. The van der Waals surface area contributed by atoms with Crippen LogP contribution < -0.4 is 5.73 Å². The molecule has 0 aromatic carbocycles. The predicted molar refractivity (Wildman–Crippen MR) is 69.0 cm³/mol. The molecule has 2 N–H and O–H groups in total. The van der Waals surface area contributed by atoms with Crippen LogP contribution in [0.25, 0.3) is 0 Å². The number of esters is 1. The van der Waals surface area contributed by atoms with Gasteiger partial charge < -0.3 is 10.5 Å². The van der Waals surface area contributed by atoms with Crippen molar-refractivity contribution in [2.45, 2.75) is 46.3 Å². The van der Waals surface area contributed by atoms with E-state index in [0.29, 0.717) is 11.6 Å². The molecule has 0 spiro atoms. The maximum Gasteiger partial charge on any atom is 0.358 e. The Balaban J connectivity index is 2.78. The molecular formula is C12H20N2O2S. The summed E-state index contributed by atoms with van der Waals surface area (Å²) in [6, 6.07) is -0.129. The summed E-state index contributed by atoms with van der Waals surface area (Å²) in [7, 11) is 0. The summed E-state index contributed by atoms with van der Waals surface area (Å²) in [5.41, 5.74) is 5.82. The van der Waals surface area contributed by atoms with Gasteiger partial charge in [-0.25, -0.2) is 9.78 Å². The number of rotatable bonds is 3. The predicted octanol–water partition coefficient (Wildman–Crippen LogP) is 2.75. The molecule has 0 saturated carbocycles. The average Bonchev–Trinajstić information content (AvgIpc) is 2.62. The number of thiazole rings is 1. The first-order chi connectivity index (χ1) is 7.70. The van der Waals surface area contributed by atoms with Gasteiger partial charge in [0.25, 0.3) is 0 Å². The number of nitrogens with two attached hydrogens (primary N) is 1. The molecule has 1 aromatic rings. The Morgan fingerprint density at radius 3 is 2.53 bits per heavy atom. The SMILES string of the molecule is CC(C)[C@H](N)c1nc(C(=O)OC(C)(C)C)cs1. The third-order valence-electron chi connectivity index (χ3n) is 2.13. The van der Waals surface area contributed by atoms with Crippen LogP contribution in [-0.2, 0) is 4.74 Å². The van der Waals surface area contributed by atoms with E-state index in [2.05, 4.69) is 4.98 Å². The van der Waals surface area contributed by atoms with Gasteiger partial charge in [-0.2, -0.15) is 0 Å². The number of nitrogens with zero attached hydrogens (tertiary/aromatic N) is 1. The minimum Gasteiger partial charge on any atom is -0.455 e. The molecule has 0 aliphatic rings. The van der Waals surface area contributed by atoms with E-state index >= 15 is 0 Å². The summed E-state index contributed by atoms with van der Waals surface area (Å²) < 4.78 is 5.24. The summed E-state index contributed by atoms with van der Waals surface area (Å²) in [4.78, 5) is 16.0. The van der Waals surface area contributed by atoms with Crippen LogP contribution in [0.5, 0.6) is 0 Å². The van der Waals surface area contributed by atoms with Crippen molar-refractivity contribution in [3.63, 3.8) is 0 Å². The number of carbonyl (C=O) groups is 1. The molecule has 0 aliphatic heterocycles. The molecule has 0 aliphatic carbocycles. The Morgan fingerprint density at radius 1 is 1.47 bits per heavy atom. The van der Waals surface area contributed by atoms with E-state index in [1.54, 1.807) is 5.38 Å². The van der Waals surface area contributed by atoms with Gasteiger partial charge in [0.15, 0.2) is 5.69 Å². The van der Waals surface area contributed by atoms with E-state index in [-0.39, 0.29) is 6.04 Å². The van der Waals surface area contributed by atoms with E-state index in [1.165, 1.54) is 11.3 Å². The summed E-state index contributed by atoms with van der Waals surface area (Å²) in [6.07, 6.45) is 0. The Bertz CT molecular complexity index is 393. The van der Waals surface area contributed by atoms with Crippen LogP contribution in [0.1, 0.15) is 56.2 Å². The van der Waals surface area contributed by atoms with Gasteiger partial charge in [-0.15, -0.1) is 11.3 Å². The maximum atomic E-state index is 11.7. The van der Waals surface area contributed by atoms with Crippen LogP contribution >= 0.6 is 11.3 Å². The van der Waals surface area contributed by atoms with Gasteiger partial charge in [0.05, 0.1) is 6.04 Å². The minimum absolute atomic E-state index is 0.129. The van der Waals surface area contributed by atoms with Crippen molar-refractivity contribution >= 4 is 17.3 Å². The molecule has 1 rings (SSSR count). The van der Waals surface area contributed by atoms with Crippen LogP contribution in [0, 0.1) is 5.92 Å². The fourth-order valence-electron chi connectivity index (χ4n) is 1.15. The Labute approximate surface area is 106 Å². The van der Waals surface area contributed by atoms with Gasteiger partial charge in [-0.1, -0.05) is 13.8 Å². The first-order valence-electron chi connectivity index (χ1n) is 5.65. The summed E-state index contributed by atoms with van der Waals surface area (Å²) >= 11 is 1.40. The highest BCUT2D eigenvalue weighted by molar-refractivity contribution is 7.09. The fraction of sp³-hybridized carbons (Fsp3) is 0.667. The second-order valence-corrected chi connectivity index (χ2v) is 6.23. The lowest BCUT2D eigenvalue weighted by Gasteiger charge is -2.18. The van der Waals surface area contributed by atoms with Crippen LogP contribution in [0.2, 0.25) is 0 Å². The highest BCUT2D eigenvalue weighted by Gasteiger charge is 2.22. The zero-order valence-electron chi connectivity index (χ0n) is 11.0. The zero-order chi connectivity index (χ0) is 13.2. The lowest BCUT2D eigenvalue weighted by atomic mass is 10.1. The third kappa shape index (κ3) is 4.09. The van der Waals surface area contributed by atoms with E-state index in [0.717, 1.165) is 5.01 Å². The Hall–Kier alpha value is -0.940. The Kier molecular flexibility index (Phi) is 4.27. The molecule has 1 aromatic heterocycles. The van der Waals surface area contributed by atoms with Crippen LogP contribution in [0.3, 0.4) is 0 Å². The Morgan fingerprint density at radius 2 is 2.06 bits per heavy atom. The van der Waals surface area contributed by atoms with Gasteiger partial charge in [0.1, 0.15) is 10.6 Å². The van der Waals surface area contributed by atoms with E-state index in [9.17, 15) is 4.79 Å². The molecule has 0 amide bonds. The molecule has 4 nitrogen and oxygen atoms in total. The van der Waals surface area contributed by atoms with Gasteiger partial charge in [0.2, 0.25) is 0 Å². The normalized spacial score (nSPS) is 13.8. The highest BCUT2D eigenvalue weighted by Crippen LogP contribution is 2.23. The van der Waals surface area contributed by atoms with E-state index in [4.69, 9.17) is 10.5 Å². The lowest BCUT2D eigenvalue weighted by molar-refractivity contribution is 0.00634. The number of hydrogen-bond donors (Lipinski definition) is 1. The number of aromatic nitrogens is 1. The van der Waals surface area contributed by atoms with Crippen LogP contribution in [-0.4, -0.2) is 16.6 Å². The molecule has 5 heteroatoms. The molecule has 0 fully saturated rings. The minimum atomic E-state index is -0.499. The molecule has 0 bridgehead atoms. The molecular weight excluding hydrogens is 236 g/mol. The molecule has 1 atom stereocenters. The van der Waals surface area contributed by atoms with Crippen molar-refractivity contribution in [2.75, 3.05) is 0 Å². The smallest absolute Gasteiger partial charge is 0.358 e. The number of carbonyl (C=O) groups excluding carboxylic acids is 1. The molecule has 96 valence electrons. The van der Waals surface area contributed by atoms with E-state index < -0.39 is 11.6 Å². The fourth-order valence-corrected chi connectivity index (χ4v) is 2.11. The maximum absolute atomic E-state index is 11.7. The first kappa shape index (κ1) is 14.1. The monoisotopic (exact) mass is 256 g/mol. The molecule has 17 heavy (non-hydrogen) atoms. The largest absolute Gasteiger partial charge is 0.455 e. The summed E-state index contributed by atoms with van der Waals surface area (Å²) in [6.45, 7) is 9.55. The average molecular weight is 256 g/mol. The van der Waals surface area contributed by atoms with Gasteiger partial charge in [-0.05, 0) is 26.7 Å². The quantitative estimate of drug-likeness (QED) is 0.844. The number of hydrogen-bond acceptors (Lipinski definition) is 5. The van der Waals surface area contributed by atoms with Crippen LogP contribution in [0.4, 0.5) is 0 Å². The number of ether oxygens (including phenoxy) is 1. The summed E-state index contributed by atoms with van der Waals surface area (Å²) in [5.74, 6) is -0.0939. The van der Waals surface area contributed by atoms with Crippen LogP contribution in [0.15, 0.2) is 5.38 Å². The van der Waals surface area contributed by atoms with Crippen molar-refractivity contribution in [2.24, 2.45) is 11.7 Å². The molecule has 0 unspecified atom stereocenters. The lowest BCUT2D eigenvalue weighted by Crippen LogP contribution is -2.24. The highest BCUT2D eigenvalue weighted by atomic mass is 32.1. The topological polar surface area (TPSA) is 65.2 Å². The van der Waals surface area contributed by atoms with Gasteiger partial charge >= 0.3 is 5.97 Å². The van der Waals surface area contributed by atoms with Crippen molar-refractivity contribution in [3.8, 4) is 0 Å². The van der Waals surface area contributed by atoms with E-state index in [1.807, 2.05) is 34.6 Å². The zero-order valence-corrected chi connectivity index (χ0v) is 11.8. The molecule has 0 saturated heterocycles. The molecule has 1 heterocycles. The third-order valence-corrected chi connectivity index (χ3v) is 3.08. The second-order valence-electron chi connectivity index (χ2n) is 5.34. The standard InChI is InChI=1S/C12H20N2O2S/c1-7(2)9(13)10-14-8(6-17-10)11(15)16-12(3,4)5/h6-7,9H,13H2,1-5H3/t9-/m0/s1. The summed E-state index contributed by atoms with van der Waals surface area (Å²) in [5, 5.41) is 2.48. The van der Waals surface area contributed by atoms with Crippen molar-refractivity contribution in [3.05, 3.63) is 16.1 Å². The van der Waals surface area contributed by atoms with Crippen molar-refractivity contribution in [1.29, 1.82) is 0 Å². The second kappa shape index (κ2) is 5.14. The van der Waals surface area contributed by atoms with Crippen molar-refractivity contribution in [1.82, 2.24) is 4.98 Å². The van der Waals surface area contributed by atoms with Crippen molar-refractivity contribution < 1.29 is 9.53 Å².